The van der Waals surface area contributed by atoms with Crippen molar-refractivity contribution in [2.75, 3.05) is 7.11 Å². The lowest BCUT2D eigenvalue weighted by molar-refractivity contribution is 0.235. The minimum Gasteiger partial charge on any atom is -0.497 e. The summed E-state index contributed by atoms with van der Waals surface area (Å²) < 4.78 is 20.7. The molecule has 0 saturated carbocycles. The zero-order chi connectivity index (χ0) is 25.6. The third kappa shape index (κ3) is 6.07. The van der Waals surface area contributed by atoms with Crippen molar-refractivity contribution in [2.24, 2.45) is 0 Å². The highest BCUT2D eigenvalue weighted by atomic mass is 19.1. The summed E-state index contributed by atoms with van der Waals surface area (Å²) in [6.07, 6.45) is 0.795. The molecule has 3 aromatic carbocycles. The highest BCUT2D eigenvalue weighted by Crippen LogP contribution is 2.20. The molecule has 188 valence electrons. The average Bonchev–Trinajstić information content (AvgIpc) is 3.36. The second-order valence-corrected chi connectivity index (χ2v) is 8.90. The van der Waals surface area contributed by atoms with E-state index in [1.165, 1.54) is 17.7 Å². The second-order valence-electron chi connectivity index (χ2n) is 8.90. The first-order valence-electron chi connectivity index (χ1n) is 12.0. The number of benzene rings is 3. The van der Waals surface area contributed by atoms with E-state index in [1.807, 2.05) is 42.5 Å². The van der Waals surface area contributed by atoms with Gasteiger partial charge in [-0.1, -0.05) is 42.5 Å². The van der Waals surface area contributed by atoms with Gasteiger partial charge >= 0.3 is 0 Å². The molecule has 0 fully saturated rings. The number of methoxy groups -OCH3 is 1. The van der Waals surface area contributed by atoms with Gasteiger partial charge in [0, 0.05) is 36.1 Å². The molecule has 0 unspecified atom stereocenters. The van der Waals surface area contributed by atoms with Crippen molar-refractivity contribution in [1.29, 1.82) is 0 Å². The van der Waals surface area contributed by atoms with Gasteiger partial charge in [0.2, 0.25) is 0 Å². The minimum atomic E-state index is -0.292. The summed E-state index contributed by atoms with van der Waals surface area (Å²) in [4.78, 5) is 18.0. The number of fused-ring (bicyclic) bond motifs is 1. The van der Waals surface area contributed by atoms with E-state index in [0.717, 1.165) is 22.9 Å². The molecule has 0 aliphatic rings. The first-order valence-corrected chi connectivity index (χ1v) is 12.0. The Hall–Kier alpha value is -4.37. The largest absolute Gasteiger partial charge is 0.497 e. The van der Waals surface area contributed by atoms with Gasteiger partial charge in [0.25, 0.3) is 5.56 Å². The van der Waals surface area contributed by atoms with Crippen LogP contribution in [0.1, 0.15) is 22.5 Å². The van der Waals surface area contributed by atoms with E-state index in [1.54, 1.807) is 23.9 Å². The standard InChI is InChI=1S/C28H27FN6O2/c1-37-25-11-12-26-22(16-25)15-23(28(36)30-26)18-34(17-21-7-9-24(29)10-8-21)19-27-31-32-33-35(27)14-13-20-5-3-2-4-6-20/h2-12,15-16H,13-14,17-19H2,1H3,(H,30,36). The molecule has 37 heavy (non-hydrogen) atoms. The number of nitrogens with one attached hydrogen (secondary N) is 1. The van der Waals surface area contributed by atoms with Crippen molar-refractivity contribution >= 4 is 10.9 Å². The number of ether oxygens (including phenoxy) is 1. The monoisotopic (exact) mass is 498 g/mol. The normalized spacial score (nSPS) is 11.3. The summed E-state index contributed by atoms with van der Waals surface area (Å²) >= 11 is 0. The van der Waals surface area contributed by atoms with Crippen molar-refractivity contribution in [3.05, 3.63) is 118 Å². The molecule has 0 radical (unpaired) electrons. The molecule has 2 heterocycles. The molecule has 0 saturated heterocycles. The zero-order valence-electron chi connectivity index (χ0n) is 20.5. The molecule has 0 spiro atoms. The van der Waals surface area contributed by atoms with E-state index in [4.69, 9.17) is 4.74 Å². The van der Waals surface area contributed by atoms with Crippen LogP contribution in [0, 0.1) is 5.82 Å². The Morgan fingerprint density at radius 3 is 2.54 bits per heavy atom. The summed E-state index contributed by atoms with van der Waals surface area (Å²) in [7, 11) is 1.61. The van der Waals surface area contributed by atoms with Gasteiger partial charge in [-0.2, -0.15) is 0 Å². The number of H-pyrrole nitrogens is 1. The van der Waals surface area contributed by atoms with E-state index in [0.29, 0.717) is 43.3 Å². The van der Waals surface area contributed by atoms with E-state index in [9.17, 15) is 9.18 Å². The van der Waals surface area contributed by atoms with Crippen molar-refractivity contribution < 1.29 is 9.13 Å². The third-order valence-electron chi connectivity index (χ3n) is 6.27. The van der Waals surface area contributed by atoms with Gasteiger partial charge in [-0.15, -0.1) is 5.10 Å². The number of pyridine rings is 1. The number of aromatic amines is 1. The first-order chi connectivity index (χ1) is 18.1. The SMILES string of the molecule is COc1ccc2[nH]c(=O)c(CN(Cc3ccc(F)cc3)Cc3nnnn3CCc3ccccc3)cc2c1. The number of hydrogen-bond donors (Lipinski definition) is 1. The van der Waals surface area contributed by atoms with Gasteiger partial charge in [-0.05, 0) is 64.4 Å². The highest BCUT2D eigenvalue weighted by Gasteiger charge is 2.16. The minimum absolute atomic E-state index is 0.162. The summed E-state index contributed by atoms with van der Waals surface area (Å²) in [5.74, 6) is 1.11. The van der Waals surface area contributed by atoms with Gasteiger partial charge in [-0.3, -0.25) is 9.69 Å². The Balaban J connectivity index is 1.41. The van der Waals surface area contributed by atoms with Crippen molar-refractivity contribution in [2.45, 2.75) is 32.6 Å². The van der Waals surface area contributed by atoms with Crippen LogP contribution in [0.5, 0.6) is 5.75 Å². The number of rotatable bonds is 10. The fourth-order valence-corrected chi connectivity index (χ4v) is 4.32. The number of aromatic nitrogens is 5. The van der Waals surface area contributed by atoms with Crippen LogP contribution in [0.4, 0.5) is 4.39 Å². The third-order valence-corrected chi connectivity index (χ3v) is 6.27. The molecule has 0 bridgehead atoms. The molecule has 0 aliphatic carbocycles. The Kier molecular flexibility index (Phi) is 7.32. The second kappa shape index (κ2) is 11.1. The Morgan fingerprint density at radius 1 is 0.946 bits per heavy atom. The maximum absolute atomic E-state index is 13.5. The van der Waals surface area contributed by atoms with Crippen LogP contribution in [0.25, 0.3) is 10.9 Å². The molecule has 0 atom stereocenters. The zero-order valence-corrected chi connectivity index (χ0v) is 20.5. The van der Waals surface area contributed by atoms with Gasteiger partial charge in [-0.25, -0.2) is 9.07 Å². The predicted molar refractivity (Wildman–Crippen MR) is 138 cm³/mol. The molecule has 2 aromatic heterocycles. The van der Waals surface area contributed by atoms with Crippen LogP contribution < -0.4 is 10.3 Å². The molecule has 5 rings (SSSR count). The van der Waals surface area contributed by atoms with Gasteiger partial charge < -0.3 is 9.72 Å². The number of halogens is 1. The van der Waals surface area contributed by atoms with E-state index < -0.39 is 0 Å². The number of tetrazole rings is 1. The topological polar surface area (TPSA) is 88.9 Å². The average molecular weight is 499 g/mol. The number of hydrogen-bond acceptors (Lipinski definition) is 6. The summed E-state index contributed by atoms with van der Waals surface area (Å²) in [6, 6.07) is 23.9. The molecular formula is C28H27FN6O2. The van der Waals surface area contributed by atoms with Crippen LogP contribution in [-0.2, 0) is 32.6 Å². The summed E-state index contributed by atoms with van der Waals surface area (Å²) in [5, 5.41) is 13.2. The summed E-state index contributed by atoms with van der Waals surface area (Å²) in [6.45, 7) is 1.88. The van der Waals surface area contributed by atoms with Crippen LogP contribution >= 0.6 is 0 Å². The van der Waals surface area contributed by atoms with E-state index in [2.05, 4.69) is 37.5 Å². The number of aryl methyl sites for hydroxylation is 2. The molecule has 9 heteroatoms. The lowest BCUT2D eigenvalue weighted by Gasteiger charge is -2.22. The molecule has 0 amide bonds. The Labute approximate surface area is 213 Å². The summed E-state index contributed by atoms with van der Waals surface area (Å²) in [5.41, 5.74) is 3.30. The lowest BCUT2D eigenvalue weighted by atomic mass is 10.1. The van der Waals surface area contributed by atoms with E-state index >= 15 is 0 Å². The maximum atomic E-state index is 13.5. The first kappa shape index (κ1) is 24.3. The fraction of sp³-hybridized carbons (Fsp3) is 0.214. The van der Waals surface area contributed by atoms with E-state index in [-0.39, 0.29) is 11.4 Å². The smallest absolute Gasteiger partial charge is 0.252 e. The lowest BCUT2D eigenvalue weighted by Crippen LogP contribution is -2.28. The Bertz CT molecular complexity index is 1530. The number of nitrogens with zero attached hydrogens (tertiary/aromatic N) is 5. The van der Waals surface area contributed by atoms with Crippen LogP contribution in [0.15, 0.2) is 83.7 Å². The van der Waals surface area contributed by atoms with Crippen molar-refractivity contribution in [1.82, 2.24) is 30.1 Å². The quantitative estimate of drug-likeness (QED) is 0.312. The molecule has 5 aromatic rings. The van der Waals surface area contributed by atoms with Gasteiger partial charge in [0.1, 0.15) is 11.6 Å². The van der Waals surface area contributed by atoms with Crippen LogP contribution in [-0.4, -0.2) is 37.2 Å². The van der Waals surface area contributed by atoms with Gasteiger partial charge in [0.15, 0.2) is 5.82 Å². The molecular weight excluding hydrogens is 471 g/mol. The molecule has 1 N–H and O–H groups in total. The highest BCUT2D eigenvalue weighted by molar-refractivity contribution is 5.80. The van der Waals surface area contributed by atoms with Crippen LogP contribution in [0.2, 0.25) is 0 Å². The Morgan fingerprint density at radius 2 is 1.76 bits per heavy atom. The van der Waals surface area contributed by atoms with Crippen molar-refractivity contribution in [3.63, 3.8) is 0 Å². The van der Waals surface area contributed by atoms with Crippen LogP contribution in [0.3, 0.4) is 0 Å². The predicted octanol–water partition coefficient (Wildman–Crippen LogP) is 4.11. The molecule has 0 aliphatic heterocycles. The molecule has 8 nitrogen and oxygen atoms in total. The van der Waals surface area contributed by atoms with Gasteiger partial charge in [0.05, 0.1) is 13.7 Å². The maximum Gasteiger partial charge on any atom is 0.252 e. The van der Waals surface area contributed by atoms with Crippen molar-refractivity contribution in [3.8, 4) is 5.75 Å². The fourth-order valence-electron chi connectivity index (χ4n) is 4.32.